The smallest absolute Gasteiger partial charge is 0.239 e. The third kappa shape index (κ3) is 5.99. The maximum absolute atomic E-state index is 11.6. The number of thiocarbonyl (C=S) groups is 1. The standard InChI is InChI=1S/C14H21N3O2S/c1-11-4-6-12(7-5-11)16-14(20)17(2)10-13(18)15-8-9-19-3/h4-7H,8-10H2,1-3H3,(H,15,18)(H,16,20). The summed E-state index contributed by atoms with van der Waals surface area (Å²) >= 11 is 5.26. The summed E-state index contributed by atoms with van der Waals surface area (Å²) in [5, 5.41) is 6.35. The lowest BCUT2D eigenvalue weighted by Gasteiger charge is -2.20. The van der Waals surface area contributed by atoms with Crippen molar-refractivity contribution in [3.05, 3.63) is 29.8 Å². The lowest BCUT2D eigenvalue weighted by molar-refractivity contribution is -0.121. The van der Waals surface area contributed by atoms with Gasteiger partial charge in [0.25, 0.3) is 0 Å². The lowest BCUT2D eigenvalue weighted by Crippen LogP contribution is -2.41. The Morgan fingerprint density at radius 2 is 2.00 bits per heavy atom. The molecule has 0 aromatic heterocycles. The molecule has 0 atom stereocenters. The van der Waals surface area contributed by atoms with E-state index >= 15 is 0 Å². The number of hydrogen-bond donors (Lipinski definition) is 2. The van der Waals surface area contributed by atoms with Gasteiger partial charge in [0.15, 0.2) is 5.11 Å². The van der Waals surface area contributed by atoms with E-state index in [1.165, 1.54) is 5.56 Å². The first kappa shape index (κ1) is 16.4. The third-order valence-corrected chi connectivity index (χ3v) is 3.07. The Hall–Kier alpha value is -1.66. The van der Waals surface area contributed by atoms with Crippen LogP contribution < -0.4 is 10.6 Å². The van der Waals surface area contributed by atoms with Crippen molar-refractivity contribution < 1.29 is 9.53 Å². The monoisotopic (exact) mass is 295 g/mol. The van der Waals surface area contributed by atoms with E-state index < -0.39 is 0 Å². The number of carbonyl (C=O) groups is 1. The highest BCUT2D eigenvalue weighted by atomic mass is 32.1. The van der Waals surface area contributed by atoms with E-state index in [0.29, 0.717) is 18.3 Å². The number of methoxy groups -OCH3 is 1. The van der Waals surface area contributed by atoms with Gasteiger partial charge in [-0.15, -0.1) is 0 Å². The van der Waals surface area contributed by atoms with Gasteiger partial charge in [-0.05, 0) is 31.3 Å². The molecule has 0 spiro atoms. The highest BCUT2D eigenvalue weighted by Gasteiger charge is 2.09. The third-order valence-electron chi connectivity index (χ3n) is 2.66. The van der Waals surface area contributed by atoms with E-state index in [-0.39, 0.29) is 12.5 Å². The molecule has 0 saturated carbocycles. The molecule has 0 aliphatic carbocycles. The van der Waals surface area contributed by atoms with E-state index in [9.17, 15) is 4.79 Å². The minimum Gasteiger partial charge on any atom is -0.383 e. The maximum Gasteiger partial charge on any atom is 0.239 e. The highest BCUT2D eigenvalue weighted by Crippen LogP contribution is 2.09. The molecule has 1 rings (SSSR count). The SMILES string of the molecule is COCCNC(=O)CN(C)C(=S)Nc1ccc(C)cc1. The molecule has 0 saturated heterocycles. The van der Waals surface area contributed by atoms with Crippen molar-refractivity contribution in [3.8, 4) is 0 Å². The fraction of sp³-hybridized carbons (Fsp3) is 0.429. The van der Waals surface area contributed by atoms with E-state index in [1.807, 2.05) is 31.2 Å². The van der Waals surface area contributed by atoms with Gasteiger partial charge in [0.2, 0.25) is 5.91 Å². The average Bonchev–Trinajstić information content (AvgIpc) is 2.41. The summed E-state index contributed by atoms with van der Waals surface area (Å²) in [7, 11) is 3.37. The molecule has 110 valence electrons. The van der Waals surface area contributed by atoms with E-state index in [0.717, 1.165) is 5.69 Å². The van der Waals surface area contributed by atoms with Crippen LogP contribution in [0.5, 0.6) is 0 Å². The Labute approximate surface area is 125 Å². The fourth-order valence-electron chi connectivity index (χ4n) is 1.49. The predicted octanol–water partition coefficient (Wildman–Crippen LogP) is 1.39. The number of ether oxygens (including phenoxy) is 1. The number of rotatable bonds is 6. The van der Waals surface area contributed by atoms with Crippen LogP contribution in [0.25, 0.3) is 0 Å². The topological polar surface area (TPSA) is 53.6 Å². The molecular weight excluding hydrogens is 274 g/mol. The van der Waals surface area contributed by atoms with Crippen LogP contribution in [-0.2, 0) is 9.53 Å². The predicted molar refractivity (Wildman–Crippen MR) is 84.9 cm³/mol. The molecule has 1 aromatic rings. The Morgan fingerprint density at radius 3 is 2.60 bits per heavy atom. The maximum atomic E-state index is 11.6. The summed E-state index contributed by atoms with van der Waals surface area (Å²) in [6.45, 7) is 3.24. The largest absolute Gasteiger partial charge is 0.383 e. The van der Waals surface area contributed by atoms with Crippen LogP contribution in [0.15, 0.2) is 24.3 Å². The molecule has 0 bridgehead atoms. The van der Waals surface area contributed by atoms with Crippen LogP contribution in [-0.4, -0.2) is 49.8 Å². The molecule has 1 amide bonds. The molecule has 0 unspecified atom stereocenters. The Bertz CT molecular complexity index is 448. The molecular formula is C14H21N3O2S. The zero-order chi connectivity index (χ0) is 15.0. The summed E-state index contributed by atoms with van der Waals surface area (Å²) in [6.07, 6.45) is 0. The molecule has 0 radical (unpaired) electrons. The number of anilines is 1. The van der Waals surface area contributed by atoms with Crippen LogP contribution in [0.2, 0.25) is 0 Å². The van der Waals surface area contributed by atoms with Crippen LogP contribution in [0.1, 0.15) is 5.56 Å². The molecule has 20 heavy (non-hydrogen) atoms. The zero-order valence-electron chi connectivity index (χ0n) is 12.1. The van der Waals surface area contributed by atoms with Crippen LogP contribution in [0.4, 0.5) is 5.69 Å². The van der Waals surface area contributed by atoms with Gasteiger partial charge < -0.3 is 20.3 Å². The van der Waals surface area contributed by atoms with Crippen molar-refractivity contribution >= 4 is 28.9 Å². The number of carbonyl (C=O) groups excluding carboxylic acids is 1. The van der Waals surface area contributed by atoms with Crippen molar-refractivity contribution in [1.82, 2.24) is 10.2 Å². The van der Waals surface area contributed by atoms with Crippen LogP contribution in [0, 0.1) is 6.92 Å². The molecule has 0 aliphatic heterocycles. The van der Waals surface area contributed by atoms with Gasteiger partial charge in [-0.25, -0.2) is 0 Å². The van der Waals surface area contributed by atoms with Crippen LogP contribution in [0.3, 0.4) is 0 Å². The number of nitrogens with zero attached hydrogens (tertiary/aromatic N) is 1. The van der Waals surface area contributed by atoms with Crippen molar-refractivity contribution in [2.75, 3.05) is 39.2 Å². The van der Waals surface area contributed by atoms with Crippen molar-refractivity contribution in [2.45, 2.75) is 6.92 Å². The first-order valence-corrected chi connectivity index (χ1v) is 6.78. The van der Waals surface area contributed by atoms with Gasteiger partial charge in [-0.2, -0.15) is 0 Å². The van der Waals surface area contributed by atoms with E-state index in [4.69, 9.17) is 17.0 Å². The van der Waals surface area contributed by atoms with Gasteiger partial charge in [0.05, 0.1) is 13.2 Å². The van der Waals surface area contributed by atoms with Gasteiger partial charge >= 0.3 is 0 Å². The normalized spacial score (nSPS) is 9.95. The van der Waals surface area contributed by atoms with E-state index in [1.54, 1.807) is 19.1 Å². The molecule has 0 heterocycles. The molecule has 6 heteroatoms. The summed E-state index contributed by atoms with van der Waals surface area (Å²) in [5.74, 6) is -0.0855. The minimum atomic E-state index is -0.0855. The number of hydrogen-bond acceptors (Lipinski definition) is 3. The van der Waals surface area contributed by atoms with Crippen molar-refractivity contribution in [2.24, 2.45) is 0 Å². The summed E-state index contributed by atoms with van der Waals surface area (Å²) < 4.78 is 4.87. The minimum absolute atomic E-state index is 0.0855. The quantitative estimate of drug-likeness (QED) is 0.613. The molecule has 5 nitrogen and oxygen atoms in total. The number of aryl methyl sites for hydroxylation is 1. The Balaban J connectivity index is 2.38. The van der Waals surface area contributed by atoms with Gasteiger partial charge in [0, 0.05) is 26.4 Å². The first-order chi connectivity index (χ1) is 9.52. The van der Waals surface area contributed by atoms with Crippen LogP contribution >= 0.6 is 12.2 Å². The average molecular weight is 295 g/mol. The van der Waals surface area contributed by atoms with Crippen molar-refractivity contribution in [3.63, 3.8) is 0 Å². The molecule has 0 aliphatic rings. The number of amides is 1. The number of benzene rings is 1. The fourth-order valence-corrected chi connectivity index (χ4v) is 1.67. The van der Waals surface area contributed by atoms with Gasteiger partial charge in [0.1, 0.15) is 0 Å². The number of likely N-dealkylation sites (N-methyl/N-ethyl adjacent to an activating group) is 1. The highest BCUT2D eigenvalue weighted by molar-refractivity contribution is 7.80. The number of nitrogens with one attached hydrogen (secondary N) is 2. The van der Waals surface area contributed by atoms with Crippen molar-refractivity contribution in [1.29, 1.82) is 0 Å². The molecule has 0 fully saturated rings. The summed E-state index contributed by atoms with van der Waals surface area (Å²) in [4.78, 5) is 13.3. The first-order valence-electron chi connectivity index (χ1n) is 6.37. The summed E-state index contributed by atoms with van der Waals surface area (Å²) in [5.41, 5.74) is 2.10. The second-order valence-electron chi connectivity index (χ2n) is 4.49. The second kappa shape index (κ2) is 8.50. The van der Waals surface area contributed by atoms with E-state index in [2.05, 4.69) is 10.6 Å². The molecule has 2 N–H and O–H groups in total. The summed E-state index contributed by atoms with van der Waals surface area (Å²) in [6, 6.07) is 7.91. The molecule has 1 aromatic carbocycles. The Morgan fingerprint density at radius 1 is 1.35 bits per heavy atom. The lowest BCUT2D eigenvalue weighted by atomic mass is 10.2. The van der Waals surface area contributed by atoms with Gasteiger partial charge in [-0.3, -0.25) is 4.79 Å². The Kier molecular flexibility index (Phi) is 6.97. The second-order valence-corrected chi connectivity index (χ2v) is 4.88. The zero-order valence-corrected chi connectivity index (χ0v) is 12.9. The van der Waals surface area contributed by atoms with Gasteiger partial charge in [-0.1, -0.05) is 17.7 Å².